The molecule has 114 valence electrons. The summed E-state index contributed by atoms with van der Waals surface area (Å²) in [7, 11) is 0. The number of non-ortho nitro benzene ring substituents is 1. The molecule has 1 heterocycles. The molecule has 0 fully saturated rings. The summed E-state index contributed by atoms with van der Waals surface area (Å²) < 4.78 is 5.17. The van der Waals surface area contributed by atoms with Gasteiger partial charge in [-0.3, -0.25) is 10.1 Å². The molecule has 6 heteroatoms. The van der Waals surface area contributed by atoms with Crippen molar-refractivity contribution in [2.75, 3.05) is 0 Å². The first-order valence-corrected chi connectivity index (χ1v) is 6.87. The minimum Gasteiger partial charge on any atom is -0.402 e. The minimum absolute atomic E-state index is 0.00926. The molecule has 6 nitrogen and oxygen atoms in total. The number of hydrogen-bond acceptors (Lipinski definition) is 5. The van der Waals surface area contributed by atoms with Gasteiger partial charge in [0.05, 0.1) is 4.92 Å². The van der Waals surface area contributed by atoms with Crippen LogP contribution in [0, 0.1) is 17.0 Å². The first-order valence-electron chi connectivity index (χ1n) is 6.87. The van der Waals surface area contributed by atoms with Crippen molar-refractivity contribution in [1.82, 2.24) is 0 Å². The highest BCUT2D eigenvalue weighted by molar-refractivity contribution is 6.12. The van der Waals surface area contributed by atoms with Gasteiger partial charge in [-0.25, -0.2) is 9.79 Å². The Bertz CT molecular complexity index is 834. The molecular formula is C17H12N2O4. The second-order valence-electron chi connectivity index (χ2n) is 5.05. The lowest BCUT2D eigenvalue weighted by Gasteiger charge is -1.99. The van der Waals surface area contributed by atoms with E-state index < -0.39 is 10.9 Å². The van der Waals surface area contributed by atoms with Crippen molar-refractivity contribution in [3.8, 4) is 0 Å². The van der Waals surface area contributed by atoms with Crippen LogP contribution in [-0.2, 0) is 9.53 Å². The molecule has 0 radical (unpaired) electrons. The SMILES string of the molecule is Cc1ccc(C2=NC(=Cc3ccc([N+](=O)[O-])cc3)C(=O)O2)cc1. The second kappa shape index (κ2) is 5.84. The lowest BCUT2D eigenvalue weighted by Crippen LogP contribution is -2.05. The Morgan fingerprint density at radius 2 is 1.74 bits per heavy atom. The predicted octanol–water partition coefficient (Wildman–Crippen LogP) is 3.25. The Morgan fingerprint density at radius 1 is 1.09 bits per heavy atom. The number of nitro benzene ring substituents is 1. The topological polar surface area (TPSA) is 81.8 Å². The number of aryl methyl sites for hydroxylation is 1. The van der Waals surface area contributed by atoms with Crippen LogP contribution in [0.5, 0.6) is 0 Å². The predicted molar refractivity (Wildman–Crippen MR) is 84.9 cm³/mol. The molecule has 0 unspecified atom stereocenters. The summed E-state index contributed by atoms with van der Waals surface area (Å²) in [5, 5.41) is 10.6. The number of nitro groups is 1. The molecule has 0 bridgehead atoms. The van der Waals surface area contributed by atoms with Gasteiger partial charge >= 0.3 is 5.97 Å². The highest BCUT2D eigenvalue weighted by Crippen LogP contribution is 2.20. The van der Waals surface area contributed by atoms with Crippen LogP contribution in [0.4, 0.5) is 5.69 Å². The summed E-state index contributed by atoms with van der Waals surface area (Å²) >= 11 is 0. The van der Waals surface area contributed by atoms with E-state index in [2.05, 4.69) is 4.99 Å². The van der Waals surface area contributed by atoms with Gasteiger partial charge in [0.1, 0.15) is 0 Å². The van der Waals surface area contributed by atoms with Crippen LogP contribution in [0.1, 0.15) is 16.7 Å². The van der Waals surface area contributed by atoms with Crippen LogP contribution in [0.25, 0.3) is 6.08 Å². The molecule has 0 N–H and O–H groups in total. The molecule has 0 spiro atoms. The van der Waals surface area contributed by atoms with Gasteiger partial charge < -0.3 is 4.74 Å². The van der Waals surface area contributed by atoms with Crippen molar-refractivity contribution >= 4 is 23.6 Å². The fourth-order valence-electron chi connectivity index (χ4n) is 2.08. The van der Waals surface area contributed by atoms with Crippen LogP contribution < -0.4 is 0 Å². The Labute approximate surface area is 131 Å². The molecule has 1 aliphatic heterocycles. The number of carbonyl (C=O) groups excluding carboxylic acids is 1. The van der Waals surface area contributed by atoms with E-state index in [1.165, 1.54) is 18.2 Å². The quantitative estimate of drug-likeness (QED) is 0.377. The zero-order chi connectivity index (χ0) is 16.4. The Balaban J connectivity index is 1.88. The van der Waals surface area contributed by atoms with Gasteiger partial charge in [0.25, 0.3) is 5.69 Å². The third-order valence-corrected chi connectivity index (χ3v) is 3.33. The molecular weight excluding hydrogens is 296 g/mol. The highest BCUT2D eigenvalue weighted by atomic mass is 16.6. The maximum absolute atomic E-state index is 11.9. The third kappa shape index (κ3) is 3.16. The van der Waals surface area contributed by atoms with Crippen molar-refractivity contribution in [1.29, 1.82) is 0 Å². The smallest absolute Gasteiger partial charge is 0.363 e. The number of benzene rings is 2. The van der Waals surface area contributed by atoms with Gasteiger partial charge in [0.2, 0.25) is 5.90 Å². The fourth-order valence-corrected chi connectivity index (χ4v) is 2.08. The average Bonchev–Trinajstić information content (AvgIpc) is 2.89. The molecule has 0 atom stereocenters. The van der Waals surface area contributed by atoms with Gasteiger partial charge in [-0.05, 0) is 42.8 Å². The van der Waals surface area contributed by atoms with E-state index in [0.29, 0.717) is 5.56 Å². The van der Waals surface area contributed by atoms with Crippen molar-refractivity contribution in [3.63, 3.8) is 0 Å². The van der Waals surface area contributed by atoms with E-state index in [-0.39, 0.29) is 17.3 Å². The van der Waals surface area contributed by atoms with Gasteiger partial charge in [-0.1, -0.05) is 17.7 Å². The van der Waals surface area contributed by atoms with E-state index in [0.717, 1.165) is 11.1 Å². The number of rotatable bonds is 3. The Hall–Kier alpha value is -3.28. The number of cyclic esters (lactones) is 1. The van der Waals surface area contributed by atoms with E-state index >= 15 is 0 Å². The lowest BCUT2D eigenvalue weighted by atomic mass is 10.1. The molecule has 0 amide bonds. The number of aliphatic imine (C=N–C) groups is 1. The second-order valence-corrected chi connectivity index (χ2v) is 5.05. The largest absolute Gasteiger partial charge is 0.402 e. The van der Waals surface area contributed by atoms with Crippen LogP contribution in [-0.4, -0.2) is 16.8 Å². The van der Waals surface area contributed by atoms with E-state index in [9.17, 15) is 14.9 Å². The summed E-state index contributed by atoms with van der Waals surface area (Å²) in [6.07, 6.45) is 1.53. The van der Waals surface area contributed by atoms with E-state index in [1.54, 1.807) is 12.1 Å². The van der Waals surface area contributed by atoms with Crippen LogP contribution in [0.3, 0.4) is 0 Å². The Kier molecular flexibility index (Phi) is 3.72. The van der Waals surface area contributed by atoms with Gasteiger partial charge in [-0.15, -0.1) is 0 Å². The first-order chi connectivity index (χ1) is 11.0. The van der Waals surface area contributed by atoms with Crippen molar-refractivity contribution in [2.24, 2.45) is 4.99 Å². The molecule has 0 aliphatic carbocycles. The summed E-state index contributed by atoms with van der Waals surface area (Å²) in [5.41, 5.74) is 2.60. The average molecular weight is 308 g/mol. The summed E-state index contributed by atoms with van der Waals surface area (Å²) in [6.45, 7) is 1.96. The van der Waals surface area contributed by atoms with Crippen molar-refractivity contribution < 1.29 is 14.5 Å². The lowest BCUT2D eigenvalue weighted by molar-refractivity contribution is -0.384. The number of nitrogens with zero attached hydrogens (tertiary/aromatic N) is 2. The van der Waals surface area contributed by atoms with Crippen LogP contribution in [0.15, 0.2) is 59.2 Å². The maximum atomic E-state index is 11.9. The monoisotopic (exact) mass is 308 g/mol. The summed E-state index contributed by atoms with van der Waals surface area (Å²) in [6, 6.07) is 13.3. The zero-order valence-corrected chi connectivity index (χ0v) is 12.2. The molecule has 0 saturated carbocycles. The number of hydrogen-bond donors (Lipinski definition) is 0. The number of esters is 1. The molecule has 2 aromatic carbocycles. The summed E-state index contributed by atoms with van der Waals surface area (Å²) in [4.78, 5) is 26.2. The first kappa shape index (κ1) is 14.6. The number of ether oxygens (including phenoxy) is 1. The molecule has 0 saturated heterocycles. The van der Waals surface area contributed by atoms with E-state index in [1.807, 2.05) is 31.2 Å². The standard InChI is InChI=1S/C17H12N2O4/c1-11-2-6-13(7-3-11)16-18-15(17(20)23-16)10-12-4-8-14(9-5-12)19(21)22/h2-10H,1H3. The molecule has 1 aliphatic rings. The molecule has 23 heavy (non-hydrogen) atoms. The summed E-state index contributed by atoms with van der Waals surface area (Å²) in [5.74, 6) is -0.290. The highest BCUT2D eigenvalue weighted by Gasteiger charge is 2.24. The minimum atomic E-state index is -0.543. The molecule has 3 rings (SSSR count). The maximum Gasteiger partial charge on any atom is 0.363 e. The molecule has 0 aromatic heterocycles. The number of carbonyl (C=O) groups is 1. The van der Waals surface area contributed by atoms with E-state index in [4.69, 9.17) is 4.74 Å². The van der Waals surface area contributed by atoms with Gasteiger partial charge in [0, 0.05) is 17.7 Å². The van der Waals surface area contributed by atoms with Gasteiger partial charge in [-0.2, -0.15) is 0 Å². The van der Waals surface area contributed by atoms with Crippen LogP contribution in [0.2, 0.25) is 0 Å². The zero-order valence-electron chi connectivity index (χ0n) is 12.2. The van der Waals surface area contributed by atoms with Crippen molar-refractivity contribution in [3.05, 3.63) is 81.0 Å². The third-order valence-electron chi connectivity index (χ3n) is 3.33. The Morgan fingerprint density at radius 3 is 2.35 bits per heavy atom. The normalized spacial score (nSPS) is 15.4. The van der Waals surface area contributed by atoms with Crippen molar-refractivity contribution in [2.45, 2.75) is 6.92 Å². The van der Waals surface area contributed by atoms with Crippen LogP contribution >= 0.6 is 0 Å². The fraction of sp³-hybridized carbons (Fsp3) is 0.0588. The van der Waals surface area contributed by atoms with Gasteiger partial charge in [0.15, 0.2) is 5.70 Å². The molecule has 2 aromatic rings.